The SMILES string of the molecule is NCc1c(N2CCC(O)CC2)nc2ccccn12. The molecule has 18 heavy (non-hydrogen) atoms. The predicted octanol–water partition coefficient (Wildman–Crippen LogP) is 0.754. The maximum atomic E-state index is 9.56. The number of hydrogen-bond donors (Lipinski definition) is 2. The summed E-state index contributed by atoms with van der Waals surface area (Å²) in [5.74, 6) is 0.968. The Balaban J connectivity index is 2.00. The highest BCUT2D eigenvalue weighted by molar-refractivity contribution is 5.56. The van der Waals surface area contributed by atoms with Crippen LogP contribution in [-0.2, 0) is 6.54 Å². The number of imidazole rings is 1. The molecule has 0 aliphatic carbocycles. The van der Waals surface area contributed by atoms with E-state index in [0.717, 1.165) is 43.1 Å². The van der Waals surface area contributed by atoms with Crippen molar-refractivity contribution in [2.24, 2.45) is 5.73 Å². The number of hydrogen-bond acceptors (Lipinski definition) is 4. The van der Waals surface area contributed by atoms with Crippen molar-refractivity contribution in [1.29, 1.82) is 0 Å². The van der Waals surface area contributed by atoms with Crippen molar-refractivity contribution in [3.63, 3.8) is 0 Å². The molecule has 0 atom stereocenters. The van der Waals surface area contributed by atoms with Gasteiger partial charge in [-0.05, 0) is 25.0 Å². The van der Waals surface area contributed by atoms with Crippen LogP contribution in [-0.4, -0.2) is 33.7 Å². The molecule has 1 fully saturated rings. The molecule has 5 heteroatoms. The summed E-state index contributed by atoms with van der Waals surface area (Å²) in [6.45, 7) is 2.16. The number of aliphatic hydroxyl groups is 1. The first-order valence-corrected chi connectivity index (χ1v) is 6.38. The van der Waals surface area contributed by atoms with Crippen molar-refractivity contribution >= 4 is 11.5 Å². The molecule has 3 rings (SSSR count). The lowest BCUT2D eigenvalue weighted by Crippen LogP contribution is -2.36. The van der Waals surface area contributed by atoms with E-state index in [1.165, 1.54) is 0 Å². The van der Waals surface area contributed by atoms with Crippen LogP contribution in [0.3, 0.4) is 0 Å². The Labute approximate surface area is 106 Å². The molecule has 0 spiro atoms. The zero-order valence-electron chi connectivity index (χ0n) is 10.3. The normalized spacial score (nSPS) is 17.6. The second-order valence-corrected chi connectivity index (χ2v) is 4.73. The first-order valence-electron chi connectivity index (χ1n) is 6.38. The van der Waals surface area contributed by atoms with E-state index in [4.69, 9.17) is 5.73 Å². The molecule has 0 unspecified atom stereocenters. The molecule has 2 aromatic heterocycles. The first-order chi connectivity index (χ1) is 8.79. The van der Waals surface area contributed by atoms with Gasteiger partial charge in [-0.3, -0.25) is 0 Å². The average Bonchev–Trinajstić information content (AvgIpc) is 2.78. The smallest absolute Gasteiger partial charge is 0.152 e. The fourth-order valence-electron chi connectivity index (χ4n) is 2.55. The highest BCUT2D eigenvalue weighted by Crippen LogP contribution is 2.24. The van der Waals surface area contributed by atoms with Gasteiger partial charge in [0.1, 0.15) is 5.65 Å². The summed E-state index contributed by atoms with van der Waals surface area (Å²) in [4.78, 5) is 6.88. The molecule has 0 radical (unpaired) electrons. The van der Waals surface area contributed by atoms with Gasteiger partial charge in [-0.15, -0.1) is 0 Å². The second-order valence-electron chi connectivity index (χ2n) is 4.73. The van der Waals surface area contributed by atoms with Crippen LogP contribution in [0.15, 0.2) is 24.4 Å². The summed E-state index contributed by atoms with van der Waals surface area (Å²) in [5, 5.41) is 9.56. The van der Waals surface area contributed by atoms with Gasteiger partial charge in [-0.25, -0.2) is 4.98 Å². The molecule has 2 aromatic rings. The van der Waals surface area contributed by atoms with E-state index in [9.17, 15) is 5.11 Å². The summed E-state index contributed by atoms with van der Waals surface area (Å²) in [6, 6.07) is 5.95. The molecule has 1 aliphatic rings. The average molecular weight is 246 g/mol. The van der Waals surface area contributed by atoms with E-state index in [0.29, 0.717) is 6.54 Å². The van der Waals surface area contributed by atoms with Crippen molar-refractivity contribution in [1.82, 2.24) is 9.38 Å². The summed E-state index contributed by atoms with van der Waals surface area (Å²) in [5.41, 5.74) is 7.83. The van der Waals surface area contributed by atoms with Crippen LogP contribution in [0.4, 0.5) is 5.82 Å². The number of rotatable bonds is 2. The van der Waals surface area contributed by atoms with Gasteiger partial charge in [0.15, 0.2) is 5.82 Å². The van der Waals surface area contributed by atoms with Gasteiger partial charge in [0.25, 0.3) is 0 Å². The van der Waals surface area contributed by atoms with Crippen LogP contribution in [0.25, 0.3) is 5.65 Å². The summed E-state index contributed by atoms with van der Waals surface area (Å²) >= 11 is 0. The largest absolute Gasteiger partial charge is 0.393 e. The van der Waals surface area contributed by atoms with Gasteiger partial charge < -0.3 is 20.1 Å². The Morgan fingerprint density at radius 3 is 2.83 bits per heavy atom. The Morgan fingerprint density at radius 2 is 2.11 bits per heavy atom. The molecule has 96 valence electrons. The lowest BCUT2D eigenvalue weighted by molar-refractivity contribution is 0.145. The summed E-state index contributed by atoms with van der Waals surface area (Å²) < 4.78 is 2.04. The molecular weight excluding hydrogens is 228 g/mol. The van der Waals surface area contributed by atoms with Gasteiger partial charge in [0, 0.05) is 25.8 Å². The van der Waals surface area contributed by atoms with Crippen LogP contribution >= 0.6 is 0 Å². The number of fused-ring (bicyclic) bond motifs is 1. The Hall–Kier alpha value is -1.59. The standard InChI is InChI=1S/C13H18N4O/c14-9-11-13(16-7-4-10(18)5-8-16)15-12-3-1-2-6-17(11)12/h1-3,6,10,18H,4-5,7-9,14H2. The van der Waals surface area contributed by atoms with E-state index in [2.05, 4.69) is 9.88 Å². The maximum Gasteiger partial charge on any atom is 0.152 e. The molecule has 1 aliphatic heterocycles. The zero-order chi connectivity index (χ0) is 12.5. The molecule has 3 heterocycles. The fraction of sp³-hybridized carbons (Fsp3) is 0.462. The Morgan fingerprint density at radius 1 is 1.33 bits per heavy atom. The highest BCUT2D eigenvalue weighted by Gasteiger charge is 2.22. The lowest BCUT2D eigenvalue weighted by atomic mass is 10.1. The van der Waals surface area contributed by atoms with Gasteiger partial charge in [-0.2, -0.15) is 0 Å². The molecule has 0 amide bonds. The molecule has 0 saturated carbocycles. The zero-order valence-corrected chi connectivity index (χ0v) is 10.3. The fourth-order valence-corrected chi connectivity index (χ4v) is 2.55. The molecular formula is C13H18N4O. The molecule has 1 saturated heterocycles. The van der Waals surface area contributed by atoms with Crippen molar-refractivity contribution in [3.8, 4) is 0 Å². The van der Waals surface area contributed by atoms with Crippen molar-refractivity contribution < 1.29 is 5.11 Å². The number of piperidine rings is 1. The number of nitrogens with zero attached hydrogens (tertiary/aromatic N) is 3. The number of anilines is 1. The van der Waals surface area contributed by atoms with Crippen LogP contribution in [0.1, 0.15) is 18.5 Å². The van der Waals surface area contributed by atoms with Gasteiger partial charge in [0.05, 0.1) is 11.8 Å². The highest BCUT2D eigenvalue weighted by atomic mass is 16.3. The Kier molecular flexibility index (Phi) is 2.93. The molecule has 5 nitrogen and oxygen atoms in total. The van der Waals surface area contributed by atoms with Crippen LogP contribution in [0.5, 0.6) is 0 Å². The van der Waals surface area contributed by atoms with Crippen molar-refractivity contribution in [2.75, 3.05) is 18.0 Å². The minimum Gasteiger partial charge on any atom is -0.393 e. The van der Waals surface area contributed by atoms with Gasteiger partial charge in [-0.1, -0.05) is 6.07 Å². The lowest BCUT2D eigenvalue weighted by Gasteiger charge is -2.30. The predicted molar refractivity (Wildman–Crippen MR) is 70.5 cm³/mol. The number of pyridine rings is 1. The van der Waals surface area contributed by atoms with Crippen LogP contribution in [0.2, 0.25) is 0 Å². The first kappa shape index (κ1) is 11.5. The van der Waals surface area contributed by atoms with E-state index in [1.807, 2.05) is 28.8 Å². The molecule has 0 aromatic carbocycles. The van der Waals surface area contributed by atoms with Crippen LogP contribution < -0.4 is 10.6 Å². The quantitative estimate of drug-likeness (QED) is 0.820. The third kappa shape index (κ3) is 1.85. The topological polar surface area (TPSA) is 66.8 Å². The third-order valence-corrected chi connectivity index (χ3v) is 3.57. The molecule has 0 bridgehead atoms. The third-order valence-electron chi connectivity index (χ3n) is 3.57. The van der Waals surface area contributed by atoms with Gasteiger partial charge >= 0.3 is 0 Å². The van der Waals surface area contributed by atoms with Crippen molar-refractivity contribution in [3.05, 3.63) is 30.1 Å². The summed E-state index contributed by atoms with van der Waals surface area (Å²) in [6.07, 6.45) is 3.43. The van der Waals surface area contributed by atoms with E-state index >= 15 is 0 Å². The Bertz CT molecular complexity index is 543. The number of aromatic nitrogens is 2. The van der Waals surface area contributed by atoms with Crippen LogP contribution in [0, 0.1) is 0 Å². The summed E-state index contributed by atoms with van der Waals surface area (Å²) in [7, 11) is 0. The van der Waals surface area contributed by atoms with Gasteiger partial charge in [0.2, 0.25) is 0 Å². The minimum absolute atomic E-state index is 0.167. The van der Waals surface area contributed by atoms with Crippen molar-refractivity contribution in [2.45, 2.75) is 25.5 Å². The van der Waals surface area contributed by atoms with E-state index in [1.54, 1.807) is 0 Å². The minimum atomic E-state index is -0.167. The monoisotopic (exact) mass is 246 g/mol. The molecule has 3 N–H and O–H groups in total. The maximum absolute atomic E-state index is 9.56. The van der Waals surface area contributed by atoms with E-state index < -0.39 is 0 Å². The number of aliphatic hydroxyl groups excluding tert-OH is 1. The second kappa shape index (κ2) is 4.59. The number of nitrogens with two attached hydrogens (primary N) is 1. The van der Waals surface area contributed by atoms with E-state index in [-0.39, 0.29) is 6.10 Å².